The van der Waals surface area contributed by atoms with E-state index in [9.17, 15) is 13.2 Å². The summed E-state index contributed by atoms with van der Waals surface area (Å²) in [4.78, 5) is 16.9. The fraction of sp³-hybridized carbons (Fsp3) is 0.667. The van der Waals surface area contributed by atoms with Crippen molar-refractivity contribution in [2.24, 2.45) is 16.8 Å². The Balaban J connectivity index is 1.51. The van der Waals surface area contributed by atoms with Gasteiger partial charge in [-0.1, -0.05) is 13.8 Å². The first kappa shape index (κ1) is 21.5. The zero-order chi connectivity index (χ0) is 21.3. The number of halogens is 3. The maximum atomic E-state index is 12.8. The van der Waals surface area contributed by atoms with Crippen molar-refractivity contribution in [2.45, 2.75) is 51.7 Å². The Bertz CT molecular complexity index is 904. The maximum absolute atomic E-state index is 12.8. The fourth-order valence-electron chi connectivity index (χ4n) is 4.28. The number of anilines is 1. The van der Waals surface area contributed by atoms with Crippen LogP contribution in [0.15, 0.2) is 17.4 Å². The molecule has 4 heterocycles. The number of hydrogen-bond donors (Lipinski definition) is 1. The van der Waals surface area contributed by atoms with Crippen molar-refractivity contribution in [1.29, 1.82) is 0 Å². The minimum atomic E-state index is -4.22. The SMILES string of the molecule is CC(C)C(=NC1CCCN(c2ncnc3sc(CC(F)(F)F)cc23)CC1)C1CNC1. The quantitative estimate of drug-likeness (QED) is 0.699. The lowest BCUT2D eigenvalue weighted by molar-refractivity contribution is -0.126. The standard InChI is InChI=1S/C21H28F3N5S/c1-13(2)18(14-10-25-11-14)28-15-4-3-6-29(7-5-15)19-17-8-16(9-21(22,23)24)30-20(17)27-12-26-19/h8,12-15,25H,3-7,9-11H2,1-2H3. The van der Waals surface area contributed by atoms with E-state index in [4.69, 9.17) is 4.99 Å². The molecule has 0 amide bonds. The van der Waals surface area contributed by atoms with Crippen LogP contribution in [0.5, 0.6) is 0 Å². The van der Waals surface area contributed by atoms with Crippen LogP contribution in [0.25, 0.3) is 10.2 Å². The topological polar surface area (TPSA) is 53.4 Å². The van der Waals surface area contributed by atoms with Crippen LogP contribution in [0.4, 0.5) is 19.0 Å². The van der Waals surface area contributed by atoms with E-state index in [-0.39, 0.29) is 4.88 Å². The lowest BCUT2D eigenvalue weighted by atomic mass is 9.89. The summed E-state index contributed by atoms with van der Waals surface area (Å²) in [7, 11) is 0. The van der Waals surface area contributed by atoms with Crippen molar-refractivity contribution in [3.63, 3.8) is 0 Å². The van der Waals surface area contributed by atoms with E-state index in [0.717, 1.165) is 68.0 Å². The molecule has 0 spiro atoms. The zero-order valence-corrected chi connectivity index (χ0v) is 18.2. The molecular formula is C21H28F3N5S. The van der Waals surface area contributed by atoms with Crippen molar-refractivity contribution < 1.29 is 13.2 Å². The molecular weight excluding hydrogens is 411 g/mol. The van der Waals surface area contributed by atoms with Crippen LogP contribution in [0.3, 0.4) is 0 Å². The van der Waals surface area contributed by atoms with Gasteiger partial charge in [0.2, 0.25) is 0 Å². The van der Waals surface area contributed by atoms with Gasteiger partial charge in [0.05, 0.1) is 17.8 Å². The van der Waals surface area contributed by atoms with E-state index >= 15 is 0 Å². The predicted molar refractivity (Wildman–Crippen MR) is 116 cm³/mol. The molecule has 5 nitrogen and oxygen atoms in total. The number of nitrogens with zero attached hydrogens (tertiary/aromatic N) is 4. The van der Waals surface area contributed by atoms with Gasteiger partial charge in [0.25, 0.3) is 0 Å². The van der Waals surface area contributed by atoms with Crippen LogP contribution in [0.2, 0.25) is 0 Å². The Morgan fingerprint density at radius 1 is 1.27 bits per heavy atom. The van der Waals surface area contributed by atoms with Crippen LogP contribution in [-0.2, 0) is 6.42 Å². The number of hydrogen-bond acceptors (Lipinski definition) is 6. The van der Waals surface area contributed by atoms with Crippen LogP contribution in [0.1, 0.15) is 38.0 Å². The van der Waals surface area contributed by atoms with Gasteiger partial charge in [-0.3, -0.25) is 4.99 Å². The van der Waals surface area contributed by atoms with Gasteiger partial charge >= 0.3 is 6.18 Å². The monoisotopic (exact) mass is 439 g/mol. The highest BCUT2D eigenvalue weighted by molar-refractivity contribution is 7.18. The van der Waals surface area contributed by atoms with Crippen LogP contribution < -0.4 is 10.2 Å². The van der Waals surface area contributed by atoms with Crippen molar-refractivity contribution in [1.82, 2.24) is 15.3 Å². The first-order valence-corrected chi connectivity index (χ1v) is 11.4. The average molecular weight is 440 g/mol. The van der Waals surface area contributed by atoms with Crippen LogP contribution in [0, 0.1) is 11.8 Å². The molecule has 30 heavy (non-hydrogen) atoms. The third kappa shape index (κ3) is 4.94. The molecule has 1 atom stereocenters. The van der Waals surface area contributed by atoms with Gasteiger partial charge in [0.15, 0.2) is 0 Å². The molecule has 164 valence electrons. The second kappa shape index (κ2) is 8.78. The third-order valence-electron chi connectivity index (χ3n) is 5.85. The molecule has 0 bridgehead atoms. The maximum Gasteiger partial charge on any atom is 0.393 e. The second-order valence-electron chi connectivity index (χ2n) is 8.56. The molecule has 2 fully saturated rings. The Kier molecular flexibility index (Phi) is 6.29. The molecule has 4 rings (SSSR count). The third-order valence-corrected chi connectivity index (χ3v) is 6.90. The molecule has 0 aliphatic carbocycles. The highest BCUT2D eigenvalue weighted by Crippen LogP contribution is 2.34. The lowest BCUT2D eigenvalue weighted by Crippen LogP contribution is -2.48. The van der Waals surface area contributed by atoms with Crippen molar-refractivity contribution in [3.8, 4) is 0 Å². The van der Waals surface area contributed by atoms with E-state index < -0.39 is 12.6 Å². The molecule has 0 radical (unpaired) electrons. The van der Waals surface area contributed by atoms with Crippen molar-refractivity contribution >= 4 is 33.1 Å². The predicted octanol–water partition coefficient (Wildman–Crippen LogP) is 4.47. The Morgan fingerprint density at radius 2 is 2.07 bits per heavy atom. The molecule has 0 saturated carbocycles. The van der Waals surface area contributed by atoms with E-state index in [1.54, 1.807) is 6.07 Å². The number of aromatic nitrogens is 2. The molecule has 2 aliphatic heterocycles. The smallest absolute Gasteiger partial charge is 0.356 e. The number of rotatable bonds is 5. The summed E-state index contributed by atoms with van der Waals surface area (Å²) >= 11 is 1.11. The van der Waals surface area contributed by atoms with Gasteiger partial charge in [-0.15, -0.1) is 11.3 Å². The first-order valence-electron chi connectivity index (χ1n) is 10.6. The average Bonchev–Trinajstić information content (AvgIpc) is 2.87. The second-order valence-corrected chi connectivity index (χ2v) is 9.67. The Hall–Kier alpha value is -1.74. The molecule has 1 N–H and O–H groups in total. The van der Waals surface area contributed by atoms with E-state index in [1.807, 2.05) is 0 Å². The number of alkyl halides is 3. The molecule has 2 aliphatic rings. The summed E-state index contributed by atoms with van der Waals surface area (Å²) in [5.74, 6) is 1.76. The Labute approximate surface area is 178 Å². The van der Waals surface area contributed by atoms with E-state index in [0.29, 0.717) is 22.7 Å². The highest BCUT2D eigenvalue weighted by atomic mass is 32.1. The minimum Gasteiger partial charge on any atom is -0.356 e. The van der Waals surface area contributed by atoms with Gasteiger partial charge in [-0.25, -0.2) is 9.97 Å². The van der Waals surface area contributed by atoms with Gasteiger partial charge in [0.1, 0.15) is 17.0 Å². The molecule has 2 aromatic rings. The van der Waals surface area contributed by atoms with Crippen molar-refractivity contribution in [3.05, 3.63) is 17.3 Å². The zero-order valence-electron chi connectivity index (χ0n) is 17.4. The van der Waals surface area contributed by atoms with Gasteiger partial charge in [-0.2, -0.15) is 13.2 Å². The highest BCUT2D eigenvalue weighted by Gasteiger charge is 2.30. The molecule has 9 heteroatoms. The number of fused-ring (bicyclic) bond motifs is 1. The van der Waals surface area contributed by atoms with Gasteiger partial charge in [-0.05, 0) is 31.2 Å². The van der Waals surface area contributed by atoms with Crippen LogP contribution >= 0.6 is 11.3 Å². The van der Waals surface area contributed by atoms with Crippen LogP contribution in [-0.4, -0.2) is 54.1 Å². The Morgan fingerprint density at radius 3 is 2.73 bits per heavy atom. The summed E-state index contributed by atoms with van der Waals surface area (Å²) in [5, 5.41) is 4.06. The number of thiophene rings is 1. The number of nitrogens with one attached hydrogen (secondary N) is 1. The summed E-state index contributed by atoms with van der Waals surface area (Å²) < 4.78 is 38.4. The minimum absolute atomic E-state index is 0.284. The molecule has 1 unspecified atom stereocenters. The number of aliphatic imine (C=N–C) groups is 1. The summed E-state index contributed by atoms with van der Waals surface area (Å²) in [6, 6.07) is 1.91. The molecule has 0 aromatic carbocycles. The van der Waals surface area contributed by atoms with E-state index in [1.165, 1.54) is 12.0 Å². The summed E-state index contributed by atoms with van der Waals surface area (Å²) in [6.07, 6.45) is -0.712. The fourth-order valence-corrected chi connectivity index (χ4v) is 5.30. The normalized spacial score (nSPS) is 21.9. The summed E-state index contributed by atoms with van der Waals surface area (Å²) in [5.41, 5.74) is 1.33. The lowest BCUT2D eigenvalue weighted by Gasteiger charge is -2.31. The molecule has 2 aromatic heterocycles. The van der Waals surface area contributed by atoms with Crippen molar-refractivity contribution in [2.75, 3.05) is 31.1 Å². The summed E-state index contributed by atoms with van der Waals surface area (Å²) in [6.45, 7) is 8.11. The van der Waals surface area contributed by atoms with Gasteiger partial charge < -0.3 is 10.2 Å². The molecule has 2 saturated heterocycles. The van der Waals surface area contributed by atoms with Gasteiger partial charge in [0, 0.05) is 42.7 Å². The van der Waals surface area contributed by atoms with E-state index in [2.05, 4.69) is 34.0 Å². The largest absolute Gasteiger partial charge is 0.393 e. The first-order chi connectivity index (χ1) is 14.3.